The maximum absolute atomic E-state index is 12.1. The standard InChI is InChI=1S/C19H15BrN6O/c20-17-4-2-14(3-5-17)18-16(13-26(25-18)11-1-8-21)12-23-24-19(27)15-6-9-22-10-7-15/h2-7,9-10,12-13H,1,11H2,(H,24,27)/b23-12-. The largest absolute Gasteiger partial charge is 0.271 e. The molecule has 8 heteroatoms. The first-order valence-corrected chi connectivity index (χ1v) is 8.90. The maximum Gasteiger partial charge on any atom is 0.271 e. The molecule has 0 radical (unpaired) electrons. The second-order valence-electron chi connectivity index (χ2n) is 5.55. The zero-order valence-corrected chi connectivity index (χ0v) is 15.8. The molecular formula is C19H15BrN6O. The first-order valence-electron chi connectivity index (χ1n) is 8.11. The molecule has 0 fully saturated rings. The fourth-order valence-corrected chi connectivity index (χ4v) is 2.64. The number of benzene rings is 1. The molecule has 1 N–H and O–H groups in total. The summed E-state index contributed by atoms with van der Waals surface area (Å²) in [6, 6.07) is 13.1. The van der Waals surface area contributed by atoms with Crippen LogP contribution in [0.25, 0.3) is 11.3 Å². The fourth-order valence-electron chi connectivity index (χ4n) is 2.37. The second-order valence-corrected chi connectivity index (χ2v) is 6.46. The molecule has 134 valence electrons. The number of halogens is 1. The van der Waals surface area contributed by atoms with Crippen LogP contribution >= 0.6 is 15.9 Å². The van der Waals surface area contributed by atoms with Crippen molar-refractivity contribution < 1.29 is 4.79 Å². The number of pyridine rings is 1. The van der Waals surface area contributed by atoms with Crippen molar-refractivity contribution in [3.63, 3.8) is 0 Å². The zero-order valence-electron chi connectivity index (χ0n) is 14.2. The van der Waals surface area contributed by atoms with Gasteiger partial charge in [0, 0.05) is 39.8 Å². The number of hydrogen-bond donors (Lipinski definition) is 1. The number of carbonyl (C=O) groups excluding carboxylic acids is 1. The Morgan fingerprint density at radius 3 is 2.70 bits per heavy atom. The highest BCUT2D eigenvalue weighted by atomic mass is 79.9. The van der Waals surface area contributed by atoms with E-state index in [-0.39, 0.29) is 5.91 Å². The Balaban J connectivity index is 1.82. The van der Waals surface area contributed by atoms with Gasteiger partial charge >= 0.3 is 0 Å². The van der Waals surface area contributed by atoms with Crippen LogP contribution in [-0.2, 0) is 6.54 Å². The predicted molar refractivity (Wildman–Crippen MR) is 105 cm³/mol. The SMILES string of the molecule is N#CCCn1cc(/C=N\NC(=O)c2ccncc2)c(-c2ccc(Br)cc2)n1. The lowest BCUT2D eigenvalue weighted by Crippen LogP contribution is -2.17. The number of rotatable bonds is 6. The molecule has 0 spiro atoms. The van der Waals surface area contributed by atoms with E-state index < -0.39 is 0 Å². The molecule has 0 bridgehead atoms. The average Bonchev–Trinajstić information content (AvgIpc) is 3.10. The molecule has 2 heterocycles. The van der Waals surface area contributed by atoms with Gasteiger partial charge in [-0.15, -0.1) is 0 Å². The quantitative estimate of drug-likeness (QED) is 0.486. The van der Waals surface area contributed by atoms with Gasteiger partial charge in [0.15, 0.2) is 0 Å². The molecular weight excluding hydrogens is 408 g/mol. The Hall–Kier alpha value is -3.31. The van der Waals surface area contributed by atoms with Crippen molar-refractivity contribution in [2.45, 2.75) is 13.0 Å². The normalized spacial score (nSPS) is 10.7. The highest BCUT2D eigenvalue weighted by molar-refractivity contribution is 9.10. The predicted octanol–water partition coefficient (Wildman–Crippen LogP) is 3.39. The number of aromatic nitrogens is 3. The molecule has 0 aliphatic rings. The lowest BCUT2D eigenvalue weighted by molar-refractivity contribution is 0.0955. The van der Waals surface area contributed by atoms with Gasteiger partial charge in [0.25, 0.3) is 5.91 Å². The Morgan fingerprint density at radius 1 is 1.26 bits per heavy atom. The van der Waals surface area contributed by atoms with Crippen LogP contribution in [0.15, 0.2) is 64.6 Å². The van der Waals surface area contributed by atoms with E-state index in [4.69, 9.17) is 5.26 Å². The summed E-state index contributed by atoms with van der Waals surface area (Å²) in [7, 11) is 0. The average molecular weight is 423 g/mol. The number of nitrogens with zero attached hydrogens (tertiary/aromatic N) is 5. The summed E-state index contributed by atoms with van der Waals surface area (Å²) in [6.45, 7) is 0.483. The molecule has 1 amide bonds. The van der Waals surface area contributed by atoms with Crippen molar-refractivity contribution in [3.8, 4) is 17.3 Å². The van der Waals surface area contributed by atoms with Crippen molar-refractivity contribution in [1.82, 2.24) is 20.2 Å². The highest BCUT2D eigenvalue weighted by Crippen LogP contribution is 2.23. The van der Waals surface area contributed by atoms with E-state index >= 15 is 0 Å². The third kappa shape index (κ3) is 4.86. The van der Waals surface area contributed by atoms with Gasteiger partial charge in [-0.25, -0.2) is 5.43 Å². The van der Waals surface area contributed by atoms with E-state index in [1.807, 2.05) is 24.3 Å². The van der Waals surface area contributed by atoms with Crippen LogP contribution in [0.5, 0.6) is 0 Å². The molecule has 0 saturated heterocycles. The fraction of sp³-hybridized carbons (Fsp3) is 0.105. The monoisotopic (exact) mass is 422 g/mol. The minimum Gasteiger partial charge on any atom is -0.270 e. The van der Waals surface area contributed by atoms with Gasteiger partial charge in [0.1, 0.15) is 5.69 Å². The Morgan fingerprint density at radius 2 is 2.00 bits per heavy atom. The number of amides is 1. The third-order valence-corrected chi connectivity index (χ3v) is 4.20. The first-order chi connectivity index (χ1) is 13.2. The van der Waals surface area contributed by atoms with Crippen molar-refractivity contribution in [2.75, 3.05) is 0 Å². The minimum atomic E-state index is -0.323. The number of nitrogens with one attached hydrogen (secondary N) is 1. The first kappa shape index (κ1) is 18.5. The van der Waals surface area contributed by atoms with E-state index in [0.717, 1.165) is 21.3 Å². The lowest BCUT2D eigenvalue weighted by Gasteiger charge is -2.00. The molecule has 0 unspecified atom stereocenters. The van der Waals surface area contributed by atoms with E-state index in [0.29, 0.717) is 18.5 Å². The molecule has 2 aromatic heterocycles. The van der Waals surface area contributed by atoms with E-state index in [9.17, 15) is 4.79 Å². The van der Waals surface area contributed by atoms with Gasteiger partial charge in [-0.3, -0.25) is 14.5 Å². The number of hydrazone groups is 1. The molecule has 27 heavy (non-hydrogen) atoms. The zero-order chi connectivity index (χ0) is 19.1. The molecule has 1 aromatic carbocycles. The minimum absolute atomic E-state index is 0.323. The van der Waals surface area contributed by atoms with Gasteiger partial charge in [0.2, 0.25) is 0 Å². The number of hydrogen-bond acceptors (Lipinski definition) is 5. The van der Waals surface area contributed by atoms with Crippen LogP contribution in [0.1, 0.15) is 22.3 Å². The molecule has 0 aliphatic heterocycles. The van der Waals surface area contributed by atoms with E-state index in [2.05, 4.69) is 42.6 Å². The summed E-state index contributed by atoms with van der Waals surface area (Å²) in [5.41, 5.74) is 5.34. The summed E-state index contributed by atoms with van der Waals surface area (Å²) in [6.07, 6.45) is 6.80. The molecule has 0 saturated carbocycles. The van der Waals surface area contributed by atoms with Crippen LogP contribution in [-0.4, -0.2) is 26.9 Å². The number of carbonyl (C=O) groups is 1. The third-order valence-electron chi connectivity index (χ3n) is 3.67. The van der Waals surface area contributed by atoms with E-state index in [1.165, 1.54) is 0 Å². The lowest BCUT2D eigenvalue weighted by atomic mass is 10.1. The summed E-state index contributed by atoms with van der Waals surface area (Å²) in [5, 5.41) is 17.4. The van der Waals surface area contributed by atoms with Gasteiger partial charge < -0.3 is 0 Å². The second kappa shape index (κ2) is 8.87. The van der Waals surface area contributed by atoms with Gasteiger partial charge in [-0.1, -0.05) is 28.1 Å². The number of aryl methyl sites for hydroxylation is 1. The van der Waals surface area contributed by atoms with Crippen LogP contribution in [0.4, 0.5) is 0 Å². The maximum atomic E-state index is 12.1. The summed E-state index contributed by atoms with van der Waals surface area (Å²) in [4.78, 5) is 15.9. The van der Waals surface area contributed by atoms with E-state index in [1.54, 1.807) is 41.6 Å². The molecule has 0 atom stereocenters. The molecule has 3 aromatic rings. The highest BCUT2D eigenvalue weighted by Gasteiger charge is 2.10. The van der Waals surface area contributed by atoms with Crippen LogP contribution < -0.4 is 5.43 Å². The molecule has 3 rings (SSSR count). The van der Waals surface area contributed by atoms with Crippen molar-refractivity contribution in [3.05, 3.63) is 70.6 Å². The van der Waals surface area contributed by atoms with Crippen molar-refractivity contribution >= 4 is 28.1 Å². The summed E-state index contributed by atoms with van der Waals surface area (Å²) in [5.74, 6) is -0.323. The van der Waals surface area contributed by atoms with Crippen molar-refractivity contribution in [2.24, 2.45) is 5.10 Å². The molecule has 0 aliphatic carbocycles. The van der Waals surface area contributed by atoms with Gasteiger partial charge in [-0.05, 0) is 24.3 Å². The van der Waals surface area contributed by atoms with Crippen LogP contribution in [0.3, 0.4) is 0 Å². The summed E-state index contributed by atoms with van der Waals surface area (Å²) >= 11 is 3.42. The summed E-state index contributed by atoms with van der Waals surface area (Å²) < 4.78 is 2.67. The Kier molecular flexibility index (Phi) is 6.07. The van der Waals surface area contributed by atoms with Gasteiger partial charge in [-0.2, -0.15) is 15.5 Å². The van der Waals surface area contributed by atoms with Gasteiger partial charge in [0.05, 0.1) is 25.2 Å². The van der Waals surface area contributed by atoms with Crippen LogP contribution in [0, 0.1) is 11.3 Å². The van der Waals surface area contributed by atoms with Crippen molar-refractivity contribution in [1.29, 1.82) is 5.26 Å². The Bertz CT molecular complexity index is 989. The Labute approximate surface area is 164 Å². The number of nitriles is 1. The smallest absolute Gasteiger partial charge is 0.270 e. The molecule has 7 nitrogen and oxygen atoms in total. The topological polar surface area (TPSA) is 96.0 Å². The van der Waals surface area contributed by atoms with Crippen LogP contribution in [0.2, 0.25) is 0 Å².